The van der Waals surface area contributed by atoms with Crippen molar-refractivity contribution in [2.45, 2.75) is 32.3 Å². The summed E-state index contributed by atoms with van der Waals surface area (Å²) in [6.45, 7) is 8.06. The quantitative estimate of drug-likeness (QED) is 0.767. The minimum absolute atomic E-state index is 0.112. The number of hydrogen-bond acceptors (Lipinski definition) is 3. The van der Waals surface area contributed by atoms with E-state index in [2.05, 4.69) is 19.2 Å². The fraction of sp³-hybridized carbons (Fsp3) is 0.917. The Morgan fingerprint density at radius 2 is 2.06 bits per heavy atom. The summed E-state index contributed by atoms with van der Waals surface area (Å²) in [5.41, 5.74) is -0.112. The van der Waals surface area contributed by atoms with Gasteiger partial charge in [-0.2, -0.15) is 0 Å². The summed E-state index contributed by atoms with van der Waals surface area (Å²) >= 11 is 0. The Labute approximate surface area is 97.3 Å². The molecule has 4 nitrogen and oxygen atoms in total. The van der Waals surface area contributed by atoms with Crippen LogP contribution < -0.4 is 5.32 Å². The smallest absolute Gasteiger partial charge is 0.248 e. The largest absolute Gasteiger partial charge is 0.363 e. The van der Waals surface area contributed by atoms with E-state index in [0.29, 0.717) is 0 Å². The number of carbonyl (C=O) groups is 1. The standard InChI is InChI=1S/C12H22N2O2/c1-10-3-5-14(6-4-10)11(15)7-16-12(2)8-13-9-12/h10,13H,3-9H2,1-2H3. The topological polar surface area (TPSA) is 41.6 Å². The summed E-state index contributed by atoms with van der Waals surface area (Å²) in [5.74, 6) is 0.915. The number of carbonyl (C=O) groups excluding carboxylic acids is 1. The van der Waals surface area contributed by atoms with Crippen LogP contribution in [-0.4, -0.2) is 49.2 Å². The van der Waals surface area contributed by atoms with Crippen LogP contribution >= 0.6 is 0 Å². The molecule has 0 aromatic carbocycles. The van der Waals surface area contributed by atoms with Gasteiger partial charge < -0.3 is 15.0 Å². The van der Waals surface area contributed by atoms with Gasteiger partial charge >= 0.3 is 0 Å². The van der Waals surface area contributed by atoms with Crippen molar-refractivity contribution in [2.24, 2.45) is 5.92 Å². The van der Waals surface area contributed by atoms with Crippen LogP contribution in [0.1, 0.15) is 26.7 Å². The summed E-state index contributed by atoms with van der Waals surface area (Å²) in [6.07, 6.45) is 2.26. The summed E-state index contributed by atoms with van der Waals surface area (Å²) in [7, 11) is 0. The fourth-order valence-electron chi connectivity index (χ4n) is 2.16. The first-order chi connectivity index (χ1) is 7.59. The summed E-state index contributed by atoms with van der Waals surface area (Å²) in [4.78, 5) is 13.8. The molecule has 0 spiro atoms. The van der Waals surface area contributed by atoms with E-state index in [9.17, 15) is 4.79 Å². The number of piperidine rings is 1. The third-order valence-electron chi connectivity index (χ3n) is 3.68. The molecule has 0 bridgehead atoms. The van der Waals surface area contributed by atoms with Gasteiger partial charge in [0.05, 0.1) is 5.60 Å². The highest BCUT2D eigenvalue weighted by Gasteiger charge is 2.33. The number of hydrogen-bond donors (Lipinski definition) is 1. The summed E-state index contributed by atoms with van der Waals surface area (Å²) in [5, 5.41) is 3.16. The lowest BCUT2D eigenvalue weighted by molar-refractivity contribution is -0.147. The number of ether oxygens (including phenoxy) is 1. The highest BCUT2D eigenvalue weighted by molar-refractivity contribution is 5.77. The van der Waals surface area contributed by atoms with E-state index in [1.165, 1.54) is 0 Å². The van der Waals surface area contributed by atoms with Crippen LogP contribution in [0.5, 0.6) is 0 Å². The van der Waals surface area contributed by atoms with Crippen molar-refractivity contribution >= 4 is 5.91 Å². The number of nitrogens with one attached hydrogen (secondary N) is 1. The van der Waals surface area contributed by atoms with Gasteiger partial charge in [-0.1, -0.05) is 6.92 Å². The van der Waals surface area contributed by atoms with Gasteiger partial charge in [-0.05, 0) is 25.7 Å². The number of likely N-dealkylation sites (tertiary alicyclic amines) is 1. The predicted octanol–water partition coefficient (Wildman–Crippen LogP) is 0.623. The van der Waals surface area contributed by atoms with Gasteiger partial charge in [0.2, 0.25) is 5.91 Å². The zero-order valence-corrected chi connectivity index (χ0v) is 10.3. The fourth-order valence-corrected chi connectivity index (χ4v) is 2.16. The van der Waals surface area contributed by atoms with Gasteiger partial charge in [0.25, 0.3) is 0 Å². The number of rotatable bonds is 3. The van der Waals surface area contributed by atoms with E-state index in [-0.39, 0.29) is 18.1 Å². The first-order valence-corrected chi connectivity index (χ1v) is 6.21. The molecule has 0 saturated carbocycles. The molecule has 0 radical (unpaired) electrons. The Balaban J connectivity index is 1.71. The Hall–Kier alpha value is -0.610. The van der Waals surface area contributed by atoms with Crippen LogP contribution in [0.15, 0.2) is 0 Å². The SMILES string of the molecule is CC1CCN(C(=O)COC2(C)CNC2)CC1. The second kappa shape index (κ2) is 4.72. The molecule has 2 heterocycles. The summed E-state index contributed by atoms with van der Waals surface area (Å²) in [6, 6.07) is 0. The maximum Gasteiger partial charge on any atom is 0.248 e. The monoisotopic (exact) mass is 226 g/mol. The molecule has 1 amide bonds. The first-order valence-electron chi connectivity index (χ1n) is 6.21. The van der Waals surface area contributed by atoms with E-state index in [4.69, 9.17) is 4.74 Å². The average molecular weight is 226 g/mol. The molecular formula is C12H22N2O2. The molecule has 16 heavy (non-hydrogen) atoms. The van der Waals surface area contributed by atoms with Gasteiger partial charge in [-0.15, -0.1) is 0 Å². The van der Waals surface area contributed by atoms with Crippen molar-refractivity contribution in [2.75, 3.05) is 32.8 Å². The van der Waals surface area contributed by atoms with Crippen LogP contribution in [-0.2, 0) is 9.53 Å². The van der Waals surface area contributed by atoms with Gasteiger partial charge in [-0.25, -0.2) is 0 Å². The van der Waals surface area contributed by atoms with Crippen LogP contribution in [0, 0.1) is 5.92 Å². The van der Waals surface area contributed by atoms with E-state index in [1.807, 2.05) is 4.90 Å². The maximum atomic E-state index is 11.9. The molecule has 4 heteroatoms. The third kappa shape index (κ3) is 2.74. The second-order valence-electron chi connectivity index (χ2n) is 5.41. The normalized spacial score (nSPS) is 25.2. The van der Waals surface area contributed by atoms with Crippen molar-refractivity contribution < 1.29 is 9.53 Å². The molecule has 2 aliphatic rings. The predicted molar refractivity (Wildman–Crippen MR) is 62.2 cm³/mol. The molecule has 0 aromatic rings. The van der Waals surface area contributed by atoms with E-state index < -0.39 is 0 Å². The van der Waals surface area contributed by atoms with Gasteiger partial charge in [0.15, 0.2) is 0 Å². The molecule has 0 unspecified atom stereocenters. The van der Waals surface area contributed by atoms with Crippen molar-refractivity contribution in [3.8, 4) is 0 Å². The van der Waals surface area contributed by atoms with Crippen molar-refractivity contribution in [3.63, 3.8) is 0 Å². The van der Waals surface area contributed by atoms with E-state index >= 15 is 0 Å². The Kier molecular flexibility index (Phi) is 3.50. The van der Waals surface area contributed by atoms with Crippen LogP contribution in [0.25, 0.3) is 0 Å². The molecule has 0 aromatic heterocycles. The lowest BCUT2D eigenvalue weighted by atomic mass is 9.99. The lowest BCUT2D eigenvalue weighted by Gasteiger charge is -2.39. The van der Waals surface area contributed by atoms with E-state index in [1.54, 1.807) is 0 Å². The third-order valence-corrected chi connectivity index (χ3v) is 3.68. The zero-order chi connectivity index (χ0) is 11.6. The van der Waals surface area contributed by atoms with Crippen LogP contribution in [0.2, 0.25) is 0 Å². The van der Waals surface area contributed by atoms with Crippen LogP contribution in [0.4, 0.5) is 0 Å². The Morgan fingerprint density at radius 1 is 1.44 bits per heavy atom. The molecule has 2 rings (SSSR count). The Morgan fingerprint density at radius 3 is 2.56 bits per heavy atom. The molecule has 2 aliphatic heterocycles. The van der Waals surface area contributed by atoms with Crippen molar-refractivity contribution in [1.82, 2.24) is 10.2 Å². The Bertz CT molecular complexity index is 256. The minimum atomic E-state index is -0.112. The number of nitrogens with zero attached hydrogens (tertiary/aromatic N) is 1. The molecule has 0 aliphatic carbocycles. The second-order valence-corrected chi connectivity index (χ2v) is 5.41. The average Bonchev–Trinajstić information content (AvgIpc) is 2.24. The lowest BCUT2D eigenvalue weighted by Crippen LogP contribution is -2.59. The van der Waals surface area contributed by atoms with Gasteiger partial charge in [-0.3, -0.25) is 4.79 Å². The van der Waals surface area contributed by atoms with Crippen molar-refractivity contribution in [3.05, 3.63) is 0 Å². The molecule has 0 atom stereocenters. The van der Waals surface area contributed by atoms with Gasteiger partial charge in [0, 0.05) is 26.2 Å². The minimum Gasteiger partial charge on any atom is -0.363 e. The zero-order valence-electron chi connectivity index (χ0n) is 10.3. The summed E-state index contributed by atoms with van der Waals surface area (Å²) < 4.78 is 5.65. The highest BCUT2D eigenvalue weighted by atomic mass is 16.5. The molecular weight excluding hydrogens is 204 g/mol. The maximum absolute atomic E-state index is 11.9. The first kappa shape index (κ1) is 11.9. The number of amides is 1. The highest BCUT2D eigenvalue weighted by Crippen LogP contribution is 2.18. The van der Waals surface area contributed by atoms with E-state index in [0.717, 1.165) is 44.9 Å². The molecule has 2 saturated heterocycles. The molecule has 92 valence electrons. The van der Waals surface area contributed by atoms with Gasteiger partial charge in [0.1, 0.15) is 6.61 Å². The molecule has 1 N–H and O–H groups in total. The van der Waals surface area contributed by atoms with Crippen LogP contribution in [0.3, 0.4) is 0 Å². The molecule has 2 fully saturated rings. The van der Waals surface area contributed by atoms with Crippen molar-refractivity contribution in [1.29, 1.82) is 0 Å².